The first-order valence-electron chi connectivity index (χ1n) is 9.89. The number of carbonyl (C=O) groups is 1. The van der Waals surface area contributed by atoms with Crippen molar-refractivity contribution in [2.75, 3.05) is 50.0 Å². The topological polar surface area (TPSA) is 80.1 Å². The van der Waals surface area contributed by atoms with Crippen molar-refractivity contribution >= 4 is 17.3 Å². The molecule has 3 aliphatic rings. The second-order valence-electron chi connectivity index (χ2n) is 8.39. The Morgan fingerprint density at radius 3 is 2.78 bits per heavy atom. The van der Waals surface area contributed by atoms with E-state index in [0.29, 0.717) is 6.54 Å². The van der Waals surface area contributed by atoms with Crippen LogP contribution in [0.15, 0.2) is 12.1 Å². The Morgan fingerprint density at radius 1 is 1.30 bits per heavy atom. The maximum absolute atomic E-state index is 12.2. The van der Waals surface area contributed by atoms with Crippen LogP contribution >= 0.6 is 0 Å². The standard InChI is InChI=1S/C20H30N4O3/c1-20(2)12-14-10-15(21)16(11-17(14)27-20)24-7-5-23(6-8-24)13-18(25)22-19-4-3-9-26-19/h10-11,19H,3-9,12-13,21H2,1-2H3,(H,22,25). The molecule has 0 saturated carbocycles. The molecular weight excluding hydrogens is 344 g/mol. The molecule has 1 atom stereocenters. The predicted octanol–water partition coefficient (Wildman–Crippen LogP) is 1.36. The number of ether oxygens (including phenoxy) is 2. The van der Waals surface area contributed by atoms with Crippen molar-refractivity contribution in [2.45, 2.75) is 44.9 Å². The Labute approximate surface area is 160 Å². The molecule has 7 nitrogen and oxygen atoms in total. The fraction of sp³-hybridized carbons (Fsp3) is 0.650. The number of nitrogens with zero attached hydrogens (tertiary/aromatic N) is 2. The molecule has 1 amide bonds. The summed E-state index contributed by atoms with van der Waals surface area (Å²) in [6.07, 6.45) is 2.72. The Kier molecular flexibility index (Phi) is 4.90. The molecule has 148 valence electrons. The van der Waals surface area contributed by atoms with E-state index in [1.54, 1.807) is 0 Å². The Morgan fingerprint density at radius 2 is 2.07 bits per heavy atom. The van der Waals surface area contributed by atoms with Crippen molar-refractivity contribution in [2.24, 2.45) is 0 Å². The van der Waals surface area contributed by atoms with Gasteiger partial charge in [0.1, 0.15) is 17.6 Å². The first-order valence-corrected chi connectivity index (χ1v) is 9.89. The molecule has 1 aromatic rings. The third kappa shape index (κ3) is 4.14. The highest BCUT2D eigenvalue weighted by atomic mass is 16.5. The lowest BCUT2D eigenvalue weighted by Gasteiger charge is -2.36. The fourth-order valence-corrected chi connectivity index (χ4v) is 4.20. The molecule has 0 bridgehead atoms. The monoisotopic (exact) mass is 374 g/mol. The molecule has 3 heterocycles. The lowest BCUT2D eigenvalue weighted by atomic mass is 10.0. The van der Waals surface area contributed by atoms with Gasteiger partial charge >= 0.3 is 0 Å². The minimum Gasteiger partial charge on any atom is -0.487 e. The smallest absolute Gasteiger partial charge is 0.236 e. The van der Waals surface area contributed by atoms with E-state index in [0.717, 1.165) is 69.2 Å². The number of nitrogen functional groups attached to an aromatic ring is 1. The van der Waals surface area contributed by atoms with Crippen molar-refractivity contribution < 1.29 is 14.3 Å². The van der Waals surface area contributed by atoms with E-state index in [9.17, 15) is 4.79 Å². The Bertz CT molecular complexity index is 707. The van der Waals surface area contributed by atoms with Gasteiger partial charge in [0.05, 0.1) is 17.9 Å². The maximum Gasteiger partial charge on any atom is 0.236 e. The second kappa shape index (κ2) is 7.20. The van der Waals surface area contributed by atoms with Crippen molar-refractivity contribution in [3.8, 4) is 5.75 Å². The summed E-state index contributed by atoms with van der Waals surface area (Å²) < 4.78 is 11.5. The van der Waals surface area contributed by atoms with Crippen LogP contribution in [0.25, 0.3) is 0 Å². The largest absolute Gasteiger partial charge is 0.487 e. The summed E-state index contributed by atoms with van der Waals surface area (Å²) in [7, 11) is 0. The van der Waals surface area contributed by atoms with Gasteiger partial charge in [-0.1, -0.05) is 0 Å². The number of amides is 1. The molecule has 1 unspecified atom stereocenters. The van der Waals surface area contributed by atoms with Crippen molar-refractivity contribution in [3.05, 3.63) is 17.7 Å². The number of carbonyl (C=O) groups excluding carboxylic acids is 1. The molecule has 3 aliphatic heterocycles. The predicted molar refractivity (Wildman–Crippen MR) is 105 cm³/mol. The number of nitrogens with two attached hydrogens (primary N) is 1. The van der Waals surface area contributed by atoms with Crippen LogP contribution < -0.4 is 20.7 Å². The molecular formula is C20H30N4O3. The highest BCUT2D eigenvalue weighted by Crippen LogP contribution is 2.40. The van der Waals surface area contributed by atoms with E-state index in [1.807, 2.05) is 0 Å². The van der Waals surface area contributed by atoms with Gasteiger partial charge in [0.25, 0.3) is 0 Å². The van der Waals surface area contributed by atoms with Crippen LogP contribution in [0.3, 0.4) is 0 Å². The second-order valence-corrected chi connectivity index (χ2v) is 8.39. The number of benzene rings is 1. The first-order chi connectivity index (χ1) is 12.9. The SMILES string of the molecule is CC1(C)Cc2cc(N)c(N3CCN(CC(=O)NC4CCCO4)CC3)cc2O1. The van der Waals surface area contributed by atoms with Crippen LogP contribution in [0.4, 0.5) is 11.4 Å². The summed E-state index contributed by atoms with van der Waals surface area (Å²) in [6.45, 7) is 8.73. The van der Waals surface area contributed by atoms with Gasteiger partial charge in [-0.3, -0.25) is 9.69 Å². The summed E-state index contributed by atoms with van der Waals surface area (Å²) in [5.41, 5.74) is 9.19. The molecule has 1 aromatic carbocycles. The number of anilines is 2. The fourth-order valence-electron chi connectivity index (χ4n) is 4.20. The van der Waals surface area contributed by atoms with Crippen molar-refractivity contribution in [3.63, 3.8) is 0 Å². The zero-order chi connectivity index (χ0) is 19.0. The van der Waals surface area contributed by atoms with Crippen LogP contribution in [0.1, 0.15) is 32.3 Å². The summed E-state index contributed by atoms with van der Waals surface area (Å²) in [6, 6.07) is 4.14. The number of hydrogen-bond acceptors (Lipinski definition) is 6. The molecule has 4 rings (SSSR count). The number of hydrogen-bond donors (Lipinski definition) is 2. The molecule has 7 heteroatoms. The van der Waals surface area contributed by atoms with E-state index in [1.165, 1.54) is 5.56 Å². The van der Waals surface area contributed by atoms with Gasteiger partial charge in [0.15, 0.2) is 0 Å². The summed E-state index contributed by atoms with van der Waals surface area (Å²) in [4.78, 5) is 16.7. The molecule has 2 fully saturated rings. The van der Waals surface area contributed by atoms with Gasteiger partial charge in [-0.25, -0.2) is 0 Å². The summed E-state index contributed by atoms with van der Waals surface area (Å²) in [5, 5.41) is 2.96. The van der Waals surface area contributed by atoms with Gasteiger partial charge in [0, 0.05) is 50.8 Å². The molecule has 3 N–H and O–H groups in total. The first kappa shape index (κ1) is 18.4. The minimum atomic E-state index is -0.164. The van der Waals surface area contributed by atoms with Gasteiger partial charge in [-0.2, -0.15) is 0 Å². The minimum absolute atomic E-state index is 0.0445. The number of piperazine rings is 1. The number of fused-ring (bicyclic) bond motifs is 1. The van der Waals surface area contributed by atoms with Gasteiger partial charge < -0.3 is 25.4 Å². The lowest BCUT2D eigenvalue weighted by Crippen LogP contribution is -2.50. The average Bonchev–Trinajstić information content (AvgIpc) is 3.20. The number of rotatable bonds is 4. The van der Waals surface area contributed by atoms with E-state index in [4.69, 9.17) is 15.2 Å². The Balaban J connectivity index is 1.32. The highest BCUT2D eigenvalue weighted by molar-refractivity contribution is 5.78. The van der Waals surface area contributed by atoms with Crippen LogP contribution in [0, 0.1) is 0 Å². The van der Waals surface area contributed by atoms with E-state index >= 15 is 0 Å². The molecule has 0 aliphatic carbocycles. The molecule has 0 radical (unpaired) electrons. The molecule has 0 aromatic heterocycles. The van der Waals surface area contributed by atoms with Crippen LogP contribution in [-0.4, -0.2) is 62.0 Å². The van der Waals surface area contributed by atoms with Crippen molar-refractivity contribution in [1.82, 2.24) is 10.2 Å². The van der Waals surface area contributed by atoms with E-state index in [-0.39, 0.29) is 17.7 Å². The quantitative estimate of drug-likeness (QED) is 0.775. The molecule has 0 spiro atoms. The zero-order valence-electron chi connectivity index (χ0n) is 16.3. The van der Waals surface area contributed by atoms with Gasteiger partial charge in [0.2, 0.25) is 5.91 Å². The highest BCUT2D eigenvalue weighted by Gasteiger charge is 2.32. The van der Waals surface area contributed by atoms with Gasteiger partial charge in [-0.15, -0.1) is 0 Å². The summed E-state index contributed by atoms with van der Waals surface area (Å²) in [5.74, 6) is 0.991. The third-order valence-electron chi connectivity index (χ3n) is 5.54. The zero-order valence-corrected chi connectivity index (χ0v) is 16.3. The van der Waals surface area contributed by atoms with Crippen molar-refractivity contribution in [1.29, 1.82) is 0 Å². The average molecular weight is 374 g/mol. The molecule has 2 saturated heterocycles. The number of nitrogens with one attached hydrogen (secondary N) is 1. The van der Waals surface area contributed by atoms with Crippen LogP contribution in [0.5, 0.6) is 5.75 Å². The Hall–Kier alpha value is -1.99. The third-order valence-corrected chi connectivity index (χ3v) is 5.54. The maximum atomic E-state index is 12.2. The summed E-state index contributed by atoms with van der Waals surface area (Å²) >= 11 is 0. The lowest BCUT2D eigenvalue weighted by molar-refractivity contribution is -0.125. The van der Waals surface area contributed by atoms with Crippen LogP contribution in [-0.2, 0) is 16.0 Å². The van der Waals surface area contributed by atoms with Gasteiger partial charge in [-0.05, 0) is 32.8 Å². The van der Waals surface area contributed by atoms with E-state index < -0.39 is 0 Å². The normalized spacial score (nSPS) is 24.5. The van der Waals surface area contributed by atoms with Crippen LogP contribution in [0.2, 0.25) is 0 Å². The van der Waals surface area contributed by atoms with E-state index in [2.05, 4.69) is 41.1 Å². The molecule has 27 heavy (non-hydrogen) atoms.